The van der Waals surface area contributed by atoms with Crippen LogP contribution >= 0.6 is 7.82 Å². The van der Waals surface area contributed by atoms with Crippen LogP contribution in [-0.4, -0.2) is 20.2 Å². The first-order valence-corrected chi connectivity index (χ1v) is 2.35. The van der Waals surface area contributed by atoms with Gasteiger partial charge in [0.25, 0.3) is 0 Å². The van der Waals surface area contributed by atoms with Gasteiger partial charge in [0.2, 0.25) is 0 Å². The van der Waals surface area contributed by atoms with Crippen LogP contribution in [-0.2, 0) is 4.57 Å². The van der Waals surface area contributed by atoms with E-state index in [4.69, 9.17) is 19.2 Å². The Morgan fingerprint density at radius 1 is 1.29 bits per heavy atom. The molecule has 0 aromatic carbocycles. The van der Waals surface area contributed by atoms with Gasteiger partial charge in [-0.2, -0.15) is 0 Å². The molecule has 7 heavy (non-hydrogen) atoms. The first kappa shape index (κ1) is 15.9. The molecule has 0 heterocycles. The molecule has 5 N–H and O–H groups in total. The van der Waals surface area contributed by atoms with Gasteiger partial charge >= 0.3 is 59.2 Å². The summed E-state index contributed by atoms with van der Waals surface area (Å²) in [6.45, 7) is 0. The van der Waals surface area contributed by atoms with Crippen molar-refractivity contribution in [2.45, 2.75) is 0 Å². The van der Waals surface area contributed by atoms with Crippen molar-refractivity contribution in [3.05, 3.63) is 0 Å². The predicted octanol–water partition coefficient (Wildman–Crippen LogP) is -4.64. The maximum Gasteiger partial charge on any atom is 1.00 e. The smallest absolute Gasteiger partial charge is 1.00 e. The molecule has 0 aliphatic rings. The molecule has 0 radical (unpaired) electrons. The SMILES string of the molecule is O.O=P(O)(O)O.[H-].[K+]. The van der Waals surface area contributed by atoms with Crippen molar-refractivity contribution >= 4 is 7.82 Å². The van der Waals surface area contributed by atoms with Crippen molar-refractivity contribution in [2.24, 2.45) is 0 Å². The average molecular weight is 156 g/mol. The minimum absolute atomic E-state index is 0. The fourth-order valence-corrected chi connectivity index (χ4v) is 0. The van der Waals surface area contributed by atoms with E-state index in [2.05, 4.69) is 0 Å². The van der Waals surface area contributed by atoms with Crippen molar-refractivity contribution in [1.82, 2.24) is 0 Å². The molecule has 7 heteroatoms. The van der Waals surface area contributed by atoms with Gasteiger partial charge in [0.05, 0.1) is 0 Å². The van der Waals surface area contributed by atoms with Crippen molar-refractivity contribution in [2.75, 3.05) is 0 Å². The molecule has 0 aromatic heterocycles. The molecular weight excluding hydrogens is 150 g/mol. The molecule has 5 nitrogen and oxygen atoms in total. The van der Waals surface area contributed by atoms with Crippen LogP contribution in [0.15, 0.2) is 0 Å². The Morgan fingerprint density at radius 3 is 1.29 bits per heavy atom. The van der Waals surface area contributed by atoms with Gasteiger partial charge in [0.15, 0.2) is 0 Å². The van der Waals surface area contributed by atoms with E-state index in [0.717, 1.165) is 0 Å². The molecule has 0 bridgehead atoms. The Bertz CT molecular complexity index is 58.6. The third kappa shape index (κ3) is 86.2. The summed E-state index contributed by atoms with van der Waals surface area (Å²) < 4.78 is 8.88. The van der Waals surface area contributed by atoms with Gasteiger partial charge in [0.1, 0.15) is 0 Å². The predicted molar refractivity (Wildman–Crippen MR) is 19.0 cm³/mol. The van der Waals surface area contributed by atoms with E-state index in [1.807, 2.05) is 0 Å². The van der Waals surface area contributed by atoms with Gasteiger partial charge < -0.3 is 21.6 Å². The summed E-state index contributed by atoms with van der Waals surface area (Å²) in [6, 6.07) is 0. The summed E-state index contributed by atoms with van der Waals surface area (Å²) in [5.41, 5.74) is 0. The summed E-state index contributed by atoms with van der Waals surface area (Å²) >= 11 is 0. The zero-order valence-electron chi connectivity index (χ0n) is 4.70. The Morgan fingerprint density at radius 2 is 1.29 bits per heavy atom. The van der Waals surface area contributed by atoms with Gasteiger partial charge in [-0.3, -0.25) is 0 Å². The van der Waals surface area contributed by atoms with Crippen LogP contribution < -0.4 is 51.4 Å². The Hall–Kier alpha value is 1.71. The van der Waals surface area contributed by atoms with Crippen LogP contribution in [0.1, 0.15) is 1.43 Å². The molecule has 0 aromatic rings. The number of hydrogen-bond acceptors (Lipinski definition) is 1. The summed E-state index contributed by atoms with van der Waals surface area (Å²) in [5.74, 6) is 0. The fourth-order valence-electron chi connectivity index (χ4n) is 0. The second-order valence-corrected chi connectivity index (χ2v) is 1.54. The molecule has 0 unspecified atom stereocenters. The van der Waals surface area contributed by atoms with E-state index < -0.39 is 7.82 Å². The molecular formula is H6KO5P. The van der Waals surface area contributed by atoms with Gasteiger partial charge in [-0.25, -0.2) is 4.57 Å². The largest absolute Gasteiger partial charge is 1.00 e. The Kier molecular flexibility index (Phi) is 13.2. The van der Waals surface area contributed by atoms with E-state index in [-0.39, 0.29) is 58.3 Å². The van der Waals surface area contributed by atoms with Crippen molar-refractivity contribution in [3.8, 4) is 0 Å². The molecule has 0 atom stereocenters. The summed E-state index contributed by atoms with van der Waals surface area (Å²) in [7, 11) is -4.64. The number of phosphoric acid groups is 1. The minimum Gasteiger partial charge on any atom is -1.00 e. The molecule has 42 valence electrons. The van der Waals surface area contributed by atoms with Crippen LogP contribution in [0.3, 0.4) is 0 Å². The average Bonchev–Trinajstić information content (AvgIpc) is 0.722. The second kappa shape index (κ2) is 5.84. The normalized spacial score (nSPS) is 8.43. The monoisotopic (exact) mass is 156 g/mol. The summed E-state index contributed by atoms with van der Waals surface area (Å²) in [4.78, 5) is 21.6. The second-order valence-electron chi connectivity index (χ2n) is 0.513. The maximum absolute atomic E-state index is 8.88. The van der Waals surface area contributed by atoms with Crippen LogP contribution in [0.5, 0.6) is 0 Å². The third-order valence-electron chi connectivity index (χ3n) is 0. The molecule has 0 fully saturated rings. The Labute approximate surface area is 84.2 Å². The zero-order valence-corrected chi connectivity index (χ0v) is 7.71. The van der Waals surface area contributed by atoms with E-state index in [1.54, 1.807) is 0 Å². The third-order valence-corrected chi connectivity index (χ3v) is 0. The van der Waals surface area contributed by atoms with Gasteiger partial charge in [-0.15, -0.1) is 0 Å². The molecule has 0 saturated heterocycles. The number of rotatable bonds is 0. The van der Waals surface area contributed by atoms with E-state index in [9.17, 15) is 0 Å². The first-order chi connectivity index (χ1) is 2.00. The molecule has 0 aliphatic carbocycles. The molecule has 0 rings (SSSR count). The Balaban J connectivity index is -0.0000000267. The first-order valence-electron chi connectivity index (χ1n) is 0.783. The van der Waals surface area contributed by atoms with Crippen LogP contribution in [0.2, 0.25) is 0 Å². The number of hydrogen-bond donors (Lipinski definition) is 3. The van der Waals surface area contributed by atoms with Gasteiger partial charge in [-0.05, 0) is 0 Å². The molecule has 0 amide bonds. The van der Waals surface area contributed by atoms with Crippen LogP contribution in [0.4, 0.5) is 0 Å². The van der Waals surface area contributed by atoms with Crippen molar-refractivity contribution in [3.63, 3.8) is 0 Å². The summed E-state index contributed by atoms with van der Waals surface area (Å²) in [5, 5.41) is 0. The van der Waals surface area contributed by atoms with E-state index >= 15 is 0 Å². The van der Waals surface area contributed by atoms with Gasteiger partial charge in [0, 0.05) is 0 Å². The standard InChI is InChI=1S/K.H3O4P.H2O.H/c;1-5(2,3)4;;/h;(H3,1,2,3,4);1H2;/q+1;;;-1. The van der Waals surface area contributed by atoms with Crippen LogP contribution in [0.25, 0.3) is 0 Å². The minimum atomic E-state index is -4.64. The fraction of sp³-hybridized carbons (Fsp3) is 0. The topological polar surface area (TPSA) is 109 Å². The maximum atomic E-state index is 8.88. The van der Waals surface area contributed by atoms with Crippen molar-refractivity contribution in [1.29, 1.82) is 0 Å². The molecule has 0 saturated carbocycles. The van der Waals surface area contributed by atoms with Crippen molar-refractivity contribution < 1.29 is 77.5 Å². The van der Waals surface area contributed by atoms with Crippen LogP contribution in [0, 0.1) is 0 Å². The zero-order chi connectivity index (χ0) is 4.50. The molecule has 0 aliphatic heterocycles. The van der Waals surface area contributed by atoms with Gasteiger partial charge in [-0.1, -0.05) is 0 Å². The van der Waals surface area contributed by atoms with E-state index in [0.29, 0.717) is 0 Å². The summed E-state index contributed by atoms with van der Waals surface area (Å²) in [6.07, 6.45) is 0. The van der Waals surface area contributed by atoms with E-state index in [1.165, 1.54) is 0 Å². The quantitative estimate of drug-likeness (QED) is 0.242. The molecule has 0 spiro atoms.